The lowest BCUT2D eigenvalue weighted by Crippen LogP contribution is -2.29. The maximum Gasteiger partial charge on any atom is 0.165 e. The molecule has 1 aromatic heterocycles. The average molecular weight is 205 g/mol. The molecule has 2 rings (SSSR count). The van der Waals surface area contributed by atoms with E-state index in [1.165, 1.54) is 0 Å². The predicted molar refractivity (Wildman–Crippen MR) is 56.5 cm³/mol. The van der Waals surface area contributed by atoms with Crippen LogP contribution in [0.4, 0.5) is 0 Å². The van der Waals surface area contributed by atoms with Crippen molar-refractivity contribution in [1.29, 1.82) is 0 Å². The first-order valence-electron chi connectivity index (χ1n) is 5.39. The Labute approximate surface area is 89.5 Å². The third-order valence-corrected chi connectivity index (χ3v) is 2.67. The molecule has 1 atom stereocenters. The minimum Gasteiger partial charge on any atom is -0.370 e. The second kappa shape index (κ2) is 5.03. The molecule has 0 amide bonds. The van der Waals surface area contributed by atoms with Crippen LogP contribution >= 0.6 is 0 Å². The van der Waals surface area contributed by atoms with Gasteiger partial charge in [0.1, 0.15) is 6.10 Å². The van der Waals surface area contributed by atoms with Crippen molar-refractivity contribution in [3.63, 3.8) is 0 Å². The molecule has 1 aliphatic rings. The zero-order valence-corrected chi connectivity index (χ0v) is 8.69. The van der Waals surface area contributed by atoms with Crippen LogP contribution in [0.15, 0.2) is 24.5 Å². The maximum absolute atomic E-state index is 11.8. The second-order valence-corrected chi connectivity index (χ2v) is 3.85. The summed E-state index contributed by atoms with van der Waals surface area (Å²) in [6.45, 7) is 0.729. The first kappa shape index (κ1) is 10.3. The molecule has 0 spiro atoms. The van der Waals surface area contributed by atoms with Crippen LogP contribution in [-0.4, -0.2) is 23.5 Å². The van der Waals surface area contributed by atoms with E-state index >= 15 is 0 Å². The van der Waals surface area contributed by atoms with E-state index in [1.807, 2.05) is 12.1 Å². The van der Waals surface area contributed by atoms with Crippen LogP contribution in [0, 0.1) is 0 Å². The van der Waals surface area contributed by atoms with Crippen molar-refractivity contribution in [3.8, 4) is 0 Å². The van der Waals surface area contributed by atoms with E-state index in [0.717, 1.165) is 31.4 Å². The number of hydrogen-bond acceptors (Lipinski definition) is 3. The zero-order chi connectivity index (χ0) is 10.5. The van der Waals surface area contributed by atoms with Gasteiger partial charge in [-0.3, -0.25) is 9.78 Å². The molecule has 1 saturated heterocycles. The molecule has 0 saturated carbocycles. The fourth-order valence-corrected chi connectivity index (χ4v) is 1.81. The molecule has 0 aliphatic carbocycles. The molecule has 3 nitrogen and oxygen atoms in total. The largest absolute Gasteiger partial charge is 0.370 e. The van der Waals surface area contributed by atoms with Gasteiger partial charge in [0.2, 0.25) is 0 Å². The molecule has 80 valence electrons. The van der Waals surface area contributed by atoms with Gasteiger partial charge < -0.3 is 4.74 Å². The quantitative estimate of drug-likeness (QED) is 0.754. The first-order chi connectivity index (χ1) is 7.36. The van der Waals surface area contributed by atoms with Gasteiger partial charge in [-0.25, -0.2) is 0 Å². The van der Waals surface area contributed by atoms with E-state index < -0.39 is 0 Å². The fourth-order valence-electron chi connectivity index (χ4n) is 1.81. The molecular formula is C12H15NO2. The van der Waals surface area contributed by atoms with E-state index in [1.54, 1.807) is 12.4 Å². The van der Waals surface area contributed by atoms with Gasteiger partial charge in [0.15, 0.2) is 5.78 Å². The Bertz CT molecular complexity index is 318. The number of Topliss-reactive ketones (excluding diaryl/α,β-unsaturated/α-hetero) is 1. The number of carbonyl (C=O) groups is 1. The first-order valence-corrected chi connectivity index (χ1v) is 5.39. The Hall–Kier alpha value is -1.22. The summed E-state index contributed by atoms with van der Waals surface area (Å²) in [5.41, 5.74) is 1.02. The number of ether oxygens (including phenoxy) is 1. The van der Waals surface area contributed by atoms with Crippen molar-refractivity contribution in [2.45, 2.75) is 31.8 Å². The Kier molecular flexibility index (Phi) is 3.45. The number of carbonyl (C=O) groups excluding carboxylic acids is 1. The van der Waals surface area contributed by atoms with Crippen molar-refractivity contribution in [2.75, 3.05) is 6.61 Å². The van der Waals surface area contributed by atoms with Gasteiger partial charge >= 0.3 is 0 Å². The SMILES string of the molecule is O=C(Cc1ccncc1)C1CCCCO1. The van der Waals surface area contributed by atoms with E-state index in [0.29, 0.717) is 6.42 Å². The molecule has 0 radical (unpaired) electrons. The summed E-state index contributed by atoms with van der Waals surface area (Å²) in [7, 11) is 0. The van der Waals surface area contributed by atoms with Crippen LogP contribution in [0.5, 0.6) is 0 Å². The van der Waals surface area contributed by atoms with Gasteiger partial charge in [-0.05, 0) is 37.0 Å². The number of ketones is 1. The van der Waals surface area contributed by atoms with Gasteiger partial charge in [0.25, 0.3) is 0 Å². The fraction of sp³-hybridized carbons (Fsp3) is 0.500. The summed E-state index contributed by atoms with van der Waals surface area (Å²) >= 11 is 0. The molecule has 3 heteroatoms. The number of aromatic nitrogens is 1. The van der Waals surface area contributed by atoms with E-state index in [-0.39, 0.29) is 11.9 Å². The smallest absolute Gasteiger partial charge is 0.165 e. The van der Waals surface area contributed by atoms with Crippen LogP contribution in [0.25, 0.3) is 0 Å². The summed E-state index contributed by atoms with van der Waals surface area (Å²) < 4.78 is 5.45. The van der Waals surface area contributed by atoms with Gasteiger partial charge in [0, 0.05) is 25.4 Å². The number of pyridine rings is 1. The van der Waals surface area contributed by atoms with Gasteiger partial charge in [0.05, 0.1) is 0 Å². The van der Waals surface area contributed by atoms with Crippen LogP contribution < -0.4 is 0 Å². The van der Waals surface area contributed by atoms with Crippen molar-refractivity contribution >= 4 is 5.78 Å². The zero-order valence-electron chi connectivity index (χ0n) is 8.69. The predicted octanol–water partition coefficient (Wildman–Crippen LogP) is 1.76. The second-order valence-electron chi connectivity index (χ2n) is 3.85. The lowest BCUT2D eigenvalue weighted by molar-refractivity contribution is -0.132. The lowest BCUT2D eigenvalue weighted by Gasteiger charge is -2.21. The Morgan fingerprint density at radius 1 is 1.40 bits per heavy atom. The lowest BCUT2D eigenvalue weighted by atomic mass is 10.0. The molecule has 1 unspecified atom stereocenters. The van der Waals surface area contributed by atoms with Crippen LogP contribution in [-0.2, 0) is 16.0 Å². The highest BCUT2D eigenvalue weighted by atomic mass is 16.5. The Morgan fingerprint density at radius 3 is 2.87 bits per heavy atom. The van der Waals surface area contributed by atoms with Gasteiger partial charge in [-0.2, -0.15) is 0 Å². The van der Waals surface area contributed by atoms with E-state index in [4.69, 9.17) is 4.74 Å². The Balaban J connectivity index is 1.91. The van der Waals surface area contributed by atoms with Crippen LogP contribution in [0.1, 0.15) is 24.8 Å². The Morgan fingerprint density at radius 2 is 2.20 bits per heavy atom. The highest BCUT2D eigenvalue weighted by Crippen LogP contribution is 2.15. The highest BCUT2D eigenvalue weighted by Gasteiger charge is 2.21. The van der Waals surface area contributed by atoms with Gasteiger partial charge in [-0.1, -0.05) is 0 Å². The molecule has 2 heterocycles. The normalized spacial score (nSPS) is 21.2. The maximum atomic E-state index is 11.8. The molecule has 1 aliphatic heterocycles. The van der Waals surface area contributed by atoms with E-state index in [2.05, 4.69) is 4.98 Å². The summed E-state index contributed by atoms with van der Waals surface area (Å²) in [5.74, 6) is 0.195. The average Bonchev–Trinajstić information content (AvgIpc) is 2.31. The minimum atomic E-state index is -0.174. The van der Waals surface area contributed by atoms with Gasteiger partial charge in [-0.15, -0.1) is 0 Å². The minimum absolute atomic E-state index is 0.174. The summed E-state index contributed by atoms with van der Waals surface area (Å²) in [5, 5.41) is 0. The molecular weight excluding hydrogens is 190 g/mol. The number of hydrogen-bond donors (Lipinski definition) is 0. The molecule has 0 N–H and O–H groups in total. The molecule has 15 heavy (non-hydrogen) atoms. The molecule has 1 aromatic rings. The van der Waals surface area contributed by atoms with Crippen molar-refractivity contribution in [3.05, 3.63) is 30.1 Å². The third-order valence-electron chi connectivity index (χ3n) is 2.67. The summed E-state index contributed by atoms with van der Waals surface area (Å²) in [4.78, 5) is 15.7. The monoisotopic (exact) mass is 205 g/mol. The van der Waals surface area contributed by atoms with Crippen molar-refractivity contribution in [1.82, 2.24) is 4.98 Å². The molecule has 1 fully saturated rings. The molecule has 0 aromatic carbocycles. The molecule has 0 bridgehead atoms. The summed E-state index contributed by atoms with van der Waals surface area (Å²) in [6, 6.07) is 3.75. The van der Waals surface area contributed by atoms with Crippen LogP contribution in [0.2, 0.25) is 0 Å². The standard InChI is InChI=1S/C12H15NO2/c14-11(12-3-1-2-8-15-12)9-10-4-6-13-7-5-10/h4-7,12H,1-3,8-9H2. The third kappa shape index (κ3) is 2.86. The summed E-state index contributed by atoms with van der Waals surface area (Å²) in [6.07, 6.45) is 6.78. The number of nitrogens with zero attached hydrogens (tertiary/aromatic N) is 1. The number of rotatable bonds is 3. The van der Waals surface area contributed by atoms with Crippen LogP contribution in [0.3, 0.4) is 0 Å². The van der Waals surface area contributed by atoms with Crippen molar-refractivity contribution in [2.24, 2.45) is 0 Å². The highest BCUT2D eigenvalue weighted by molar-refractivity contribution is 5.85. The topological polar surface area (TPSA) is 39.2 Å². The van der Waals surface area contributed by atoms with Crippen molar-refractivity contribution < 1.29 is 9.53 Å². The van der Waals surface area contributed by atoms with E-state index in [9.17, 15) is 4.79 Å².